The lowest BCUT2D eigenvalue weighted by Gasteiger charge is -2.44. The maximum atomic E-state index is 12.9. The molecule has 1 spiro atoms. The largest absolute Gasteiger partial charge is 0.493 e. The molecule has 2 aliphatic rings. The number of hydrogen-bond donors (Lipinski definition) is 0. The van der Waals surface area contributed by atoms with Crippen molar-refractivity contribution >= 4 is 11.8 Å². The van der Waals surface area contributed by atoms with Crippen LogP contribution in [0.3, 0.4) is 0 Å². The lowest BCUT2D eigenvalue weighted by molar-refractivity contribution is -0.136. The highest BCUT2D eigenvalue weighted by atomic mass is 16.5. The van der Waals surface area contributed by atoms with Gasteiger partial charge in [0, 0.05) is 33.1 Å². The van der Waals surface area contributed by atoms with E-state index in [1.165, 1.54) is 5.56 Å². The summed E-state index contributed by atoms with van der Waals surface area (Å²) in [6.45, 7) is 2.92. The Morgan fingerprint density at radius 2 is 1.65 bits per heavy atom. The van der Waals surface area contributed by atoms with Crippen LogP contribution in [0.5, 0.6) is 5.75 Å². The van der Waals surface area contributed by atoms with Crippen molar-refractivity contribution in [1.82, 2.24) is 9.80 Å². The molecule has 2 amide bonds. The third kappa shape index (κ3) is 6.40. The van der Waals surface area contributed by atoms with E-state index in [9.17, 15) is 9.59 Å². The van der Waals surface area contributed by atoms with Crippen LogP contribution in [0, 0.1) is 5.41 Å². The van der Waals surface area contributed by atoms with Crippen LogP contribution in [0.25, 0.3) is 0 Å². The second kappa shape index (κ2) is 11.5. The molecule has 2 heterocycles. The quantitative estimate of drug-likeness (QED) is 0.639. The molecule has 2 aliphatic heterocycles. The third-order valence-electron chi connectivity index (χ3n) is 7.54. The Labute approximate surface area is 204 Å². The van der Waals surface area contributed by atoms with Gasteiger partial charge < -0.3 is 14.5 Å². The Balaban J connectivity index is 1.40. The van der Waals surface area contributed by atoms with Crippen LogP contribution >= 0.6 is 0 Å². The maximum absolute atomic E-state index is 12.9. The van der Waals surface area contributed by atoms with Gasteiger partial charge in [-0.05, 0) is 61.1 Å². The normalized spacial score (nSPS) is 19.7. The van der Waals surface area contributed by atoms with Crippen molar-refractivity contribution in [3.63, 3.8) is 0 Å². The van der Waals surface area contributed by atoms with Crippen LogP contribution < -0.4 is 4.74 Å². The fourth-order valence-electron chi connectivity index (χ4n) is 5.45. The molecule has 34 heavy (non-hydrogen) atoms. The van der Waals surface area contributed by atoms with E-state index in [1.54, 1.807) is 0 Å². The Bertz CT molecular complexity index is 951. The smallest absolute Gasteiger partial charge is 0.226 e. The van der Waals surface area contributed by atoms with Crippen LogP contribution in [0.15, 0.2) is 54.6 Å². The number of carbonyl (C=O) groups excluding carboxylic acids is 2. The molecule has 0 radical (unpaired) electrons. The molecule has 1 fully saturated rings. The number of nitrogens with zero attached hydrogens (tertiary/aromatic N) is 2. The van der Waals surface area contributed by atoms with E-state index in [2.05, 4.69) is 12.1 Å². The monoisotopic (exact) mass is 462 g/mol. The third-order valence-corrected chi connectivity index (χ3v) is 7.54. The van der Waals surface area contributed by atoms with Crippen molar-refractivity contribution in [3.05, 3.63) is 65.7 Å². The van der Waals surface area contributed by atoms with Crippen molar-refractivity contribution in [2.75, 3.05) is 33.3 Å². The summed E-state index contributed by atoms with van der Waals surface area (Å²) in [7, 11) is 1.94. The van der Waals surface area contributed by atoms with Crippen LogP contribution in [0.4, 0.5) is 0 Å². The molecule has 0 N–H and O–H groups in total. The molecule has 0 atom stereocenters. The van der Waals surface area contributed by atoms with Gasteiger partial charge in [-0.2, -0.15) is 0 Å². The molecule has 0 unspecified atom stereocenters. The topological polar surface area (TPSA) is 49.9 Å². The highest BCUT2D eigenvalue weighted by Gasteiger charge is 2.37. The van der Waals surface area contributed by atoms with Gasteiger partial charge in [0.15, 0.2) is 0 Å². The summed E-state index contributed by atoms with van der Waals surface area (Å²) in [5.74, 6) is 1.36. The van der Waals surface area contributed by atoms with E-state index in [0.717, 1.165) is 75.9 Å². The molecule has 0 aliphatic carbocycles. The number of amides is 2. The summed E-state index contributed by atoms with van der Waals surface area (Å²) >= 11 is 0. The van der Waals surface area contributed by atoms with Gasteiger partial charge in [-0.1, -0.05) is 55.0 Å². The summed E-state index contributed by atoms with van der Waals surface area (Å²) in [5, 5.41) is 0. The predicted octanol–water partition coefficient (Wildman–Crippen LogP) is 4.88. The molecule has 2 aromatic carbocycles. The first-order chi connectivity index (χ1) is 16.5. The number of para-hydroxylation sites is 1. The molecular formula is C29H38N2O3. The average molecular weight is 463 g/mol. The number of benzene rings is 2. The maximum Gasteiger partial charge on any atom is 0.226 e. The van der Waals surface area contributed by atoms with E-state index in [0.29, 0.717) is 19.4 Å². The Morgan fingerprint density at radius 1 is 0.912 bits per heavy atom. The number of piperidine rings is 1. The lowest BCUT2D eigenvalue weighted by Crippen LogP contribution is -2.48. The summed E-state index contributed by atoms with van der Waals surface area (Å²) in [6.07, 6.45) is 7.97. The molecule has 0 aromatic heterocycles. The second-order valence-electron chi connectivity index (χ2n) is 10.1. The highest BCUT2D eigenvalue weighted by molar-refractivity contribution is 5.79. The zero-order valence-corrected chi connectivity index (χ0v) is 20.5. The Kier molecular flexibility index (Phi) is 8.25. The zero-order valence-electron chi connectivity index (χ0n) is 20.5. The van der Waals surface area contributed by atoms with Crippen molar-refractivity contribution in [3.8, 4) is 5.75 Å². The van der Waals surface area contributed by atoms with Gasteiger partial charge in [-0.25, -0.2) is 0 Å². The fourth-order valence-corrected chi connectivity index (χ4v) is 5.45. The number of likely N-dealkylation sites (tertiary alicyclic amines) is 1. The van der Waals surface area contributed by atoms with Crippen molar-refractivity contribution in [1.29, 1.82) is 0 Å². The summed E-state index contributed by atoms with van der Waals surface area (Å²) in [5.41, 5.74) is 2.42. The SMILES string of the molecule is CN1CC2(CCCCc3ccccc3OCCCC1=O)CCN(C(=O)Cc1ccccc1)CC2. The first kappa shape index (κ1) is 24.3. The molecule has 0 bridgehead atoms. The minimum atomic E-state index is 0.0913. The number of rotatable bonds is 2. The molecule has 0 saturated carbocycles. The minimum Gasteiger partial charge on any atom is -0.493 e. The molecule has 5 nitrogen and oxygen atoms in total. The van der Waals surface area contributed by atoms with E-state index in [-0.39, 0.29) is 17.2 Å². The first-order valence-electron chi connectivity index (χ1n) is 12.8. The van der Waals surface area contributed by atoms with Crippen LogP contribution in [0.2, 0.25) is 0 Å². The summed E-state index contributed by atoms with van der Waals surface area (Å²) in [4.78, 5) is 29.7. The van der Waals surface area contributed by atoms with Gasteiger partial charge >= 0.3 is 0 Å². The number of carbonyl (C=O) groups is 2. The Hall–Kier alpha value is -2.82. The van der Waals surface area contributed by atoms with Gasteiger partial charge in [-0.15, -0.1) is 0 Å². The number of ether oxygens (including phenoxy) is 1. The van der Waals surface area contributed by atoms with E-state index < -0.39 is 0 Å². The molecule has 182 valence electrons. The first-order valence-corrected chi connectivity index (χ1v) is 12.8. The van der Waals surface area contributed by atoms with Gasteiger partial charge in [-0.3, -0.25) is 9.59 Å². The number of hydrogen-bond acceptors (Lipinski definition) is 3. The molecule has 2 aromatic rings. The van der Waals surface area contributed by atoms with E-state index in [1.807, 2.05) is 59.3 Å². The summed E-state index contributed by atoms with van der Waals surface area (Å²) in [6, 6.07) is 18.3. The lowest BCUT2D eigenvalue weighted by atomic mass is 9.73. The zero-order chi connectivity index (χ0) is 23.8. The Morgan fingerprint density at radius 3 is 2.44 bits per heavy atom. The van der Waals surface area contributed by atoms with Crippen molar-refractivity contribution < 1.29 is 14.3 Å². The number of fused-ring (bicyclic) bond motifs is 1. The average Bonchev–Trinajstić information content (AvgIpc) is 2.85. The second-order valence-corrected chi connectivity index (χ2v) is 10.1. The van der Waals surface area contributed by atoms with Crippen molar-refractivity contribution in [2.24, 2.45) is 5.41 Å². The van der Waals surface area contributed by atoms with Crippen LogP contribution in [-0.2, 0) is 22.4 Å². The van der Waals surface area contributed by atoms with Crippen LogP contribution in [-0.4, -0.2) is 54.9 Å². The predicted molar refractivity (Wildman–Crippen MR) is 135 cm³/mol. The van der Waals surface area contributed by atoms with E-state index in [4.69, 9.17) is 4.74 Å². The molecular weight excluding hydrogens is 424 g/mol. The van der Waals surface area contributed by atoms with Gasteiger partial charge in [0.05, 0.1) is 13.0 Å². The molecule has 1 saturated heterocycles. The number of aryl methyl sites for hydroxylation is 1. The molecule has 4 rings (SSSR count). The van der Waals surface area contributed by atoms with Gasteiger partial charge in [0.1, 0.15) is 5.75 Å². The minimum absolute atomic E-state index is 0.0913. The van der Waals surface area contributed by atoms with Gasteiger partial charge in [0.25, 0.3) is 0 Å². The van der Waals surface area contributed by atoms with Crippen LogP contribution in [0.1, 0.15) is 56.1 Å². The fraction of sp³-hybridized carbons (Fsp3) is 0.517. The highest BCUT2D eigenvalue weighted by Crippen LogP contribution is 2.38. The van der Waals surface area contributed by atoms with Gasteiger partial charge in [0.2, 0.25) is 11.8 Å². The standard InChI is InChI=1S/C29H38N2O3/c1-30-23-29(17-19-31(20-18-29)28(33)22-24-10-3-2-4-11-24)16-8-7-13-25-12-5-6-14-26(25)34-21-9-15-27(30)32/h2-6,10-12,14H,7-9,13,15-23H2,1H3. The van der Waals surface area contributed by atoms with Crippen molar-refractivity contribution in [2.45, 2.75) is 57.8 Å². The molecule has 5 heteroatoms. The van der Waals surface area contributed by atoms with E-state index >= 15 is 0 Å². The summed E-state index contributed by atoms with van der Waals surface area (Å²) < 4.78 is 5.99.